The van der Waals surface area contributed by atoms with E-state index < -0.39 is 18.7 Å². The second kappa shape index (κ2) is 7.69. The molecule has 1 heterocycles. The van der Waals surface area contributed by atoms with Crippen LogP contribution < -0.4 is 15.0 Å². The molecule has 142 valence electrons. The number of amides is 2. The summed E-state index contributed by atoms with van der Waals surface area (Å²) < 4.78 is 41.0. The van der Waals surface area contributed by atoms with Crippen LogP contribution in [-0.4, -0.2) is 31.1 Å². The zero-order valence-corrected chi connectivity index (χ0v) is 14.3. The number of hydrogen-bond acceptors (Lipinski definition) is 3. The summed E-state index contributed by atoms with van der Waals surface area (Å²) in [6.45, 7) is -0.697. The van der Waals surface area contributed by atoms with Gasteiger partial charge in [-0.1, -0.05) is 0 Å². The molecule has 0 unspecified atom stereocenters. The second-order valence-corrected chi connectivity index (χ2v) is 6.08. The van der Waals surface area contributed by atoms with Crippen molar-refractivity contribution in [3.8, 4) is 5.75 Å². The molecule has 1 aliphatic heterocycles. The van der Waals surface area contributed by atoms with Gasteiger partial charge in [0.05, 0.1) is 0 Å². The molecule has 27 heavy (non-hydrogen) atoms. The van der Waals surface area contributed by atoms with Crippen molar-refractivity contribution in [2.45, 2.75) is 19.0 Å². The van der Waals surface area contributed by atoms with Gasteiger partial charge in [-0.05, 0) is 55.0 Å². The Morgan fingerprint density at radius 3 is 2.30 bits per heavy atom. The highest BCUT2D eigenvalue weighted by Crippen LogP contribution is 2.24. The minimum atomic E-state index is -4.41. The Morgan fingerprint density at radius 2 is 1.74 bits per heavy atom. The minimum Gasteiger partial charge on any atom is -0.484 e. The van der Waals surface area contributed by atoms with Crippen molar-refractivity contribution in [3.63, 3.8) is 0 Å². The van der Waals surface area contributed by atoms with E-state index in [4.69, 9.17) is 0 Å². The van der Waals surface area contributed by atoms with Crippen molar-refractivity contribution >= 4 is 23.2 Å². The van der Waals surface area contributed by atoms with Gasteiger partial charge in [0.15, 0.2) is 6.61 Å². The first-order valence-electron chi connectivity index (χ1n) is 8.33. The Hall–Kier alpha value is -3.03. The number of alkyl halides is 3. The maximum atomic E-state index is 12.2. The molecule has 0 bridgehead atoms. The van der Waals surface area contributed by atoms with Gasteiger partial charge >= 0.3 is 6.18 Å². The molecule has 1 aliphatic rings. The summed E-state index contributed by atoms with van der Waals surface area (Å²) in [5.74, 6) is -0.287. The van der Waals surface area contributed by atoms with Crippen LogP contribution in [-0.2, 0) is 4.79 Å². The second-order valence-electron chi connectivity index (χ2n) is 6.08. The third kappa shape index (κ3) is 4.99. The smallest absolute Gasteiger partial charge is 0.422 e. The maximum absolute atomic E-state index is 12.2. The molecular weight excluding hydrogens is 361 g/mol. The zero-order valence-electron chi connectivity index (χ0n) is 14.3. The number of rotatable bonds is 5. The third-order valence-electron chi connectivity index (χ3n) is 4.03. The standard InChI is InChI=1S/C19H17F3N2O3/c20-19(21,22)12-27-16-9-3-13(4-10-16)18(26)23-14-5-7-15(8-6-14)24-11-1-2-17(24)25/h3-10H,1-2,11-12H2,(H,23,26). The van der Waals surface area contributed by atoms with Crippen molar-refractivity contribution in [1.29, 1.82) is 0 Å². The molecule has 8 heteroatoms. The number of hydrogen-bond donors (Lipinski definition) is 1. The van der Waals surface area contributed by atoms with Gasteiger partial charge in [-0.15, -0.1) is 0 Å². The molecule has 2 aromatic carbocycles. The molecule has 2 amide bonds. The Bertz CT molecular complexity index is 818. The molecule has 2 aromatic rings. The van der Waals surface area contributed by atoms with E-state index in [-0.39, 0.29) is 17.2 Å². The fraction of sp³-hybridized carbons (Fsp3) is 0.263. The average molecular weight is 378 g/mol. The molecule has 0 aromatic heterocycles. The molecule has 0 aliphatic carbocycles. The highest BCUT2D eigenvalue weighted by atomic mass is 19.4. The van der Waals surface area contributed by atoms with Crippen LogP contribution in [0.4, 0.5) is 24.5 Å². The summed E-state index contributed by atoms with van der Waals surface area (Å²) in [5, 5.41) is 2.70. The molecule has 1 fully saturated rings. The topological polar surface area (TPSA) is 58.6 Å². The van der Waals surface area contributed by atoms with Crippen molar-refractivity contribution in [3.05, 3.63) is 54.1 Å². The number of benzene rings is 2. The Kier molecular flexibility index (Phi) is 5.34. The summed E-state index contributed by atoms with van der Waals surface area (Å²) in [7, 11) is 0. The number of carbonyl (C=O) groups excluding carboxylic acids is 2. The van der Waals surface area contributed by atoms with Crippen LogP contribution in [0.2, 0.25) is 0 Å². The number of nitrogens with one attached hydrogen (secondary N) is 1. The van der Waals surface area contributed by atoms with Crippen LogP contribution in [0.25, 0.3) is 0 Å². The molecule has 3 rings (SSSR count). The first-order chi connectivity index (χ1) is 12.8. The van der Waals surface area contributed by atoms with E-state index in [2.05, 4.69) is 10.1 Å². The van der Waals surface area contributed by atoms with Gasteiger partial charge in [0.25, 0.3) is 5.91 Å². The normalized spacial score (nSPS) is 14.3. The predicted molar refractivity (Wildman–Crippen MR) is 94.0 cm³/mol. The molecule has 0 spiro atoms. The molecule has 5 nitrogen and oxygen atoms in total. The monoisotopic (exact) mass is 378 g/mol. The summed E-state index contributed by atoms with van der Waals surface area (Å²) >= 11 is 0. The lowest BCUT2D eigenvalue weighted by atomic mass is 10.2. The van der Waals surface area contributed by atoms with Gasteiger partial charge in [-0.25, -0.2) is 0 Å². The van der Waals surface area contributed by atoms with E-state index in [1.54, 1.807) is 29.2 Å². The lowest BCUT2D eigenvalue weighted by Gasteiger charge is -2.16. The number of anilines is 2. The molecule has 0 atom stereocenters. The average Bonchev–Trinajstić information content (AvgIpc) is 3.06. The minimum absolute atomic E-state index is 0.0310. The van der Waals surface area contributed by atoms with E-state index in [0.717, 1.165) is 12.1 Å². The highest BCUT2D eigenvalue weighted by Gasteiger charge is 2.28. The largest absolute Gasteiger partial charge is 0.484 e. The Balaban J connectivity index is 1.59. The third-order valence-corrected chi connectivity index (χ3v) is 4.03. The SMILES string of the molecule is O=C(Nc1ccc(N2CCCC2=O)cc1)c1ccc(OCC(F)(F)F)cc1. The van der Waals surface area contributed by atoms with Gasteiger partial charge in [0, 0.05) is 29.9 Å². The Morgan fingerprint density at radius 1 is 1.07 bits per heavy atom. The lowest BCUT2D eigenvalue weighted by Crippen LogP contribution is -2.23. The molecular formula is C19H17F3N2O3. The van der Waals surface area contributed by atoms with Gasteiger partial charge in [-0.2, -0.15) is 13.2 Å². The summed E-state index contributed by atoms with van der Waals surface area (Å²) in [4.78, 5) is 25.7. The zero-order chi connectivity index (χ0) is 19.4. The van der Waals surface area contributed by atoms with Crippen molar-refractivity contribution in [1.82, 2.24) is 0 Å². The summed E-state index contributed by atoms with van der Waals surface area (Å²) in [6, 6.07) is 12.3. The van der Waals surface area contributed by atoms with Crippen LogP contribution >= 0.6 is 0 Å². The van der Waals surface area contributed by atoms with Gasteiger partial charge in [0.1, 0.15) is 5.75 Å². The van der Waals surface area contributed by atoms with Gasteiger partial charge < -0.3 is 15.0 Å². The number of nitrogens with zero attached hydrogens (tertiary/aromatic N) is 1. The van der Waals surface area contributed by atoms with Crippen LogP contribution in [0.5, 0.6) is 5.75 Å². The number of ether oxygens (including phenoxy) is 1. The van der Waals surface area contributed by atoms with Crippen molar-refractivity contribution in [2.24, 2.45) is 0 Å². The van der Waals surface area contributed by atoms with Crippen molar-refractivity contribution in [2.75, 3.05) is 23.4 Å². The van der Waals surface area contributed by atoms with Crippen molar-refractivity contribution < 1.29 is 27.5 Å². The van der Waals surface area contributed by atoms with E-state index in [9.17, 15) is 22.8 Å². The fourth-order valence-electron chi connectivity index (χ4n) is 2.72. The predicted octanol–water partition coefficient (Wildman–Crippen LogP) is 4.01. The van der Waals surface area contributed by atoms with E-state index in [1.807, 2.05) is 0 Å². The molecule has 0 radical (unpaired) electrons. The summed E-state index contributed by atoms with van der Waals surface area (Å²) in [6.07, 6.45) is -3.04. The van der Waals surface area contributed by atoms with Crippen LogP contribution in [0.1, 0.15) is 23.2 Å². The van der Waals surface area contributed by atoms with E-state index in [0.29, 0.717) is 18.7 Å². The summed E-state index contributed by atoms with van der Waals surface area (Å²) in [5.41, 5.74) is 1.61. The van der Waals surface area contributed by atoms with Gasteiger partial charge in [-0.3, -0.25) is 9.59 Å². The molecule has 1 N–H and O–H groups in total. The van der Waals surface area contributed by atoms with Crippen LogP contribution in [0, 0.1) is 0 Å². The quantitative estimate of drug-likeness (QED) is 0.855. The Labute approximate surface area is 153 Å². The van der Waals surface area contributed by atoms with E-state index >= 15 is 0 Å². The van der Waals surface area contributed by atoms with E-state index in [1.165, 1.54) is 24.3 Å². The maximum Gasteiger partial charge on any atom is 0.422 e. The highest BCUT2D eigenvalue weighted by molar-refractivity contribution is 6.04. The van der Waals surface area contributed by atoms with Crippen LogP contribution in [0.3, 0.4) is 0 Å². The van der Waals surface area contributed by atoms with Gasteiger partial charge in [0.2, 0.25) is 5.91 Å². The molecule has 0 saturated carbocycles. The lowest BCUT2D eigenvalue weighted by molar-refractivity contribution is -0.153. The molecule has 1 saturated heterocycles. The van der Waals surface area contributed by atoms with Crippen LogP contribution in [0.15, 0.2) is 48.5 Å². The fourth-order valence-corrected chi connectivity index (χ4v) is 2.72. The number of carbonyl (C=O) groups is 2. The first kappa shape index (κ1) is 18.8. The number of halogens is 3. The first-order valence-corrected chi connectivity index (χ1v) is 8.33.